The molecule has 2 heterocycles. The van der Waals surface area contributed by atoms with Gasteiger partial charge in [-0.1, -0.05) is 18.2 Å². The highest BCUT2D eigenvalue weighted by molar-refractivity contribution is 7.07. The Bertz CT molecular complexity index is 1030. The second-order valence-electron chi connectivity index (χ2n) is 6.82. The van der Waals surface area contributed by atoms with E-state index in [1.807, 2.05) is 16.3 Å². The second kappa shape index (κ2) is 8.91. The minimum absolute atomic E-state index is 0.0729. The van der Waals surface area contributed by atoms with Crippen molar-refractivity contribution < 1.29 is 14.5 Å². The number of ether oxygens (including phenoxy) is 1. The quantitative estimate of drug-likeness (QED) is 0.444. The van der Waals surface area contributed by atoms with Crippen molar-refractivity contribution in [3.05, 3.63) is 80.8 Å². The van der Waals surface area contributed by atoms with E-state index >= 15 is 0 Å². The van der Waals surface area contributed by atoms with Crippen LogP contribution in [0.4, 0.5) is 11.4 Å². The van der Waals surface area contributed by atoms with Crippen molar-refractivity contribution in [2.24, 2.45) is 0 Å². The summed E-state index contributed by atoms with van der Waals surface area (Å²) in [7, 11) is 0. The van der Waals surface area contributed by atoms with Crippen molar-refractivity contribution >= 4 is 28.6 Å². The molecule has 1 aromatic heterocycles. The van der Waals surface area contributed by atoms with Gasteiger partial charge in [0, 0.05) is 43.2 Å². The Kier molecular flexibility index (Phi) is 5.89. The third-order valence-electron chi connectivity index (χ3n) is 4.94. The number of hydrogen-bond acceptors (Lipinski definition) is 7. The van der Waals surface area contributed by atoms with Crippen molar-refractivity contribution in [1.29, 1.82) is 0 Å². The molecular weight excluding hydrogens is 404 g/mol. The number of amides is 1. The molecule has 0 atom stereocenters. The Labute approximate surface area is 177 Å². The van der Waals surface area contributed by atoms with E-state index in [0.717, 1.165) is 5.69 Å². The first-order valence-corrected chi connectivity index (χ1v) is 10.4. The Hall–Kier alpha value is -3.46. The van der Waals surface area contributed by atoms with Gasteiger partial charge in [-0.05, 0) is 24.3 Å². The normalized spacial score (nSPS) is 13.9. The van der Waals surface area contributed by atoms with Crippen molar-refractivity contribution in [1.82, 2.24) is 9.88 Å². The van der Waals surface area contributed by atoms with Crippen LogP contribution in [0.25, 0.3) is 0 Å². The van der Waals surface area contributed by atoms with Crippen molar-refractivity contribution in [2.75, 3.05) is 31.1 Å². The van der Waals surface area contributed by atoms with Gasteiger partial charge in [0.2, 0.25) is 0 Å². The zero-order chi connectivity index (χ0) is 20.9. The molecule has 1 fully saturated rings. The molecule has 0 radical (unpaired) electrons. The monoisotopic (exact) mass is 424 g/mol. The van der Waals surface area contributed by atoms with E-state index in [-0.39, 0.29) is 16.5 Å². The number of hydrogen-bond donors (Lipinski definition) is 0. The standard InChI is InChI=1S/C21H20N4O4S/c26-21(16-4-3-5-18(12-16)29-13-17-14-30-15-22-17)24-10-8-23(9-11-24)19-6-1-2-7-20(19)25(27)28/h1-7,12,14-15H,8-11,13H2. The van der Waals surface area contributed by atoms with Crippen molar-refractivity contribution in [3.63, 3.8) is 0 Å². The van der Waals surface area contributed by atoms with Crippen LogP contribution >= 0.6 is 11.3 Å². The molecule has 30 heavy (non-hydrogen) atoms. The number of anilines is 1. The molecule has 2 aromatic carbocycles. The average Bonchev–Trinajstić information content (AvgIpc) is 3.31. The van der Waals surface area contributed by atoms with E-state index in [1.165, 1.54) is 17.4 Å². The van der Waals surface area contributed by atoms with Gasteiger partial charge in [0.15, 0.2) is 0 Å². The van der Waals surface area contributed by atoms with E-state index < -0.39 is 0 Å². The number of para-hydroxylation sites is 2. The largest absolute Gasteiger partial charge is 0.487 e. The van der Waals surface area contributed by atoms with Crippen LogP contribution < -0.4 is 9.64 Å². The number of benzene rings is 2. The van der Waals surface area contributed by atoms with Crippen LogP contribution in [0.2, 0.25) is 0 Å². The number of rotatable bonds is 6. The third kappa shape index (κ3) is 4.41. The molecule has 0 saturated carbocycles. The zero-order valence-electron chi connectivity index (χ0n) is 16.1. The summed E-state index contributed by atoms with van der Waals surface area (Å²) in [5.74, 6) is 0.545. The van der Waals surface area contributed by atoms with Crippen LogP contribution in [-0.4, -0.2) is 46.9 Å². The summed E-state index contributed by atoms with van der Waals surface area (Å²) in [6, 6.07) is 13.8. The lowest BCUT2D eigenvalue weighted by Crippen LogP contribution is -2.48. The summed E-state index contributed by atoms with van der Waals surface area (Å²) in [6.07, 6.45) is 0. The highest BCUT2D eigenvalue weighted by atomic mass is 32.1. The lowest BCUT2D eigenvalue weighted by Gasteiger charge is -2.35. The number of thiazole rings is 1. The lowest BCUT2D eigenvalue weighted by molar-refractivity contribution is -0.384. The van der Waals surface area contributed by atoms with Crippen molar-refractivity contribution in [2.45, 2.75) is 6.61 Å². The molecule has 0 N–H and O–H groups in total. The Morgan fingerprint density at radius 2 is 1.93 bits per heavy atom. The first-order chi connectivity index (χ1) is 14.6. The van der Waals surface area contributed by atoms with Crippen LogP contribution in [0, 0.1) is 10.1 Å². The molecule has 8 nitrogen and oxygen atoms in total. The molecule has 1 aliphatic heterocycles. The minimum Gasteiger partial charge on any atom is -0.487 e. The Morgan fingerprint density at radius 1 is 1.13 bits per heavy atom. The number of aromatic nitrogens is 1. The molecule has 4 rings (SSSR count). The number of nitro benzene ring substituents is 1. The maximum absolute atomic E-state index is 12.9. The number of nitro groups is 1. The topological polar surface area (TPSA) is 88.8 Å². The highest BCUT2D eigenvalue weighted by Gasteiger charge is 2.26. The molecule has 9 heteroatoms. The summed E-state index contributed by atoms with van der Waals surface area (Å²) < 4.78 is 5.74. The van der Waals surface area contributed by atoms with Crippen LogP contribution in [0.5, 0.6) is 5.75 Å². The molecule has 154 valence electrons. The molecule has 1 amide bonds. The molecule has 0 bridgehead atoms. The molecule has 0 unspecified atom stereocenters. The first kappa shape index (κ1) is 19.8. The van der Waals surface area contributed by atoms with E-state index in [4.69, 9.17) is 4.74 Å². The molecule has 0 aliphatic carbocycles. The van der Waals surface area contributed by atoms with Crippen LogP contribution in [0.1, 0.15) is 16.1 Å². The van der Waals surface area contributed by atoms with E-state index in [2.05, 4.69) is 4.98 Å². The molecule has 0 spiro atoms. The number of nitrogens with zero attached hydrogens (tertiary/aromatic N) is 4. The summed E-state index contributed by atoms with van der Waals surface area (Å²) in [5.41, 5.74) is 3.84. The smallest absolute Gasteiger partial charge is 0.292 e. The van der Waals surface area contributed by atoms with Gasteiger partial charge in [0.1, 0.15) is 18.0 Å². The highest BCUT2D eigenvalue weighted by Crippen LogP contribution is 2.28. The van der Waals surface area contributed by atoms with Gasteiger partial charge < -0.3 is 14.5 Å². The second-order valence-corrected chi connectivity index (χ2v) is 7.54. The van der Waals surface area contributed by atoms with Gasteiger partial charge in [0.05, 0.1) is 16.1 Å². The van der Waals surface area contributed by atoms with Crippen LogP contribution in [-0.2, 0) is 6.61 Å². The number of carbonyl (C=O) groups is 1. The molecule has 1 aliphatic rings. The minimum atomic E-state index is -0.371. The summed E-state index contributed by atoms with van der Waals surface area (Å²) in [5, 5.41) is 13.2. The van der Waals surface area contributed by atoms with Gasteiger partial charge in [0.25, 0.3) is 11.6 Å². The lowest BCUT2D eigenvalue weighted by atomic mass is 10.1. The fraction of sp³-hybridized carbons (Fsp3) is 0.238. The molecule has 1 saturated heterocycles. The Morgan fingerprint density at radius 3 is 2.67 bits per heavy atom. The van der Waals surface area contributed by atoms with Gasteiger partial charge in [-0.15, -0.1) is 11.3 Å². The predicted molar refractivity (Wildman–Crippen MR) is 114 cm³/mol. The number of piperazine rings is 1. The van der Waals surface area contributed by atoms with E-state index in [1.54, 1.807) is 46.8 Å². The predicted octanol–water partition coefficient (Wildman–Crippen LogP) is 3.59. The van der Waals surface area contributed by atoms with Crippen LogP contribution in [0.3, 0.4) is 0 Å². The summed E-state index contributed by atoms with van der Waals surface area (Å²) >= 11 is 1.51. The van der Waals surface area contributed by atoms with Gasteiger partial charge in [-0.25, -0.2) is 4.98 Å². The van der Waals surface area contributed by atoms with E-state index in [0.29, 0.717) is 49.8 Å². The maximum Gasteiger partial charge on any atom is 0.292 e. The maximum atomic E-state index is 12.9. The third-order valence-corrected chi connectivity index (χ3v) is 5.57. The van der Waals surface area contributed by atoms with E-state index in [9.17, 15) is 14.9 Å². The van der Waals surface area contributed by atoms with Crippen LogP contribution in [0.15, 0.2) is 59.4 Å². The fourth-order valence-electron chi connectivity index (χ4n) is 3.40. The molecule has 3 aromatic rings. The Balaban J connectivity index is 1.39. The summed E-state index contributed by atoms with van der Waals surface area (Å²) in [6.45, 7) is 2.42. The fourth-order valence-corrected chi connectivity index (χ4v) is 3.95. The molecular formula is C21H20N4O4S. The van der Waals surface area contributed by atoms with Gasteiger partial charge >= 0.3 is 0 Å². The SMILES string of the molecule is O=C(c1cccc(OCc2cscn2)c1)N1CCN(c2ccccc2[N+](=O)[O-])CC1. The van der Waals surface area contributed by atoms with Gasteiger partial charge in [-0.2, -0.15) is 0 Å². The summed E-state index contributed by atoms with van der Waals surface area (Å²) in [4.78, 5) is 31.8. The number of carbonyl (C=O) groups excluding carboxylic acids is 1. The van der Waals surface area contributed by atoms with Crippen molar-refractivity contribution in [3.8, 4) is 5.75 Å². The van der Waals surface area contributed by atoms with Gasteiger partial charge in [-0.3, -0.25) is 14.9 Å². The first-order valence-electron chi connectivity index (χ1n) is 9.49. The zero-order valence-corrected chi connectivity index (χ0v) is 17.0. The average molecular weight is 424 g/mol.